The quantitative estimate of drug-likeness (QED) is 0.849. The lowest BCUT2D eigenvalue weighted by atomic mass is 9.84. The first-order valence-electron chi connectivity index (χ1n) is 5.70. The van der Waals surface area contributed by atoms with Gasteiger partial charge in [-0.1, -0.05) is 18.0 Å². The number of anilines is 1. The van der Waals surface area contributed by atoms with Crippen LogP contribution in [0.2, 0.25) is 5.02 Å². The number of aromatic nitrogens is 1. The summed E-state index contributed by atoms with van der Waals surface area (Å²) >= 11 is 5.97. The average Bonchev–Trinajstić information content (AvgIpc) is 2.64. The van der Waals surface area contributed by atoms with E-state index in [9.17, 15) is 4.79 Å². The van der Waals surface area contributed by atoms with Crippen molar-refractivity contribution in [2.75, 3.05) is 5.32 Å². The monoisotopic (exact) mass is 253 g/mol. The second-order valence-corrected chi connectivity index (χ2v) is 5.13. The van der Waals surface area contributed by atoms with Gasteiger partial charge in [-0.15, -0.1) is 0 Å². The largest absolute Gasteiger partial charge is 0.327 e. The highest BCUT2D eigenvalue weighted by Gasteiger charge is 2.43. The van der Waals surface area contributed by atoms with Gasteiger partial charge in [-0.05, 0) is 25.8 Å². The van der Waals surface area contributed by atoms with Crippen molar-refractivity contribution in [1.29, 1.82) is 0 Å². The van der Waals surface area contributed by atoms with Crippen LogP contribution in [0.25, 0.3) is 0 Å². The van der Waals surface area contributed by atoms with Gasteiger partial charge >= 0.3 is 0 Å². The van der Waals surface area contributed by atoms with Gasteiger partial charge in [-0.25, -0.2) is 0 Å². The van der Waals surface area contributed by atoms with Gasteiger partial charge in [0.2, 0.25) is 5.91 Å². The van der Waals surface area contributed by atoms with Crippen molar-refractivity contribution in [3.05, 3.63) is 23.5 Å². The molecule has 1 aromatic heterocycles. The Morgan fingerprint density at radius 2 is 2.47 bits per heavy atom. The Balaban J connectivity index is 2.15. The Morgan fingerprint density at radius 3 is 3.06 bits per heavy atom. The first-order chi connectivity index (χ1) is 8.04. The number of carbonyl (C=O) groups is 1. The molecule has 0 aliphatic heterocycles. The van der Waals surface area contributed by atoms with E-state index in [1.54, 1.807) is 18.5 Å². The molecule has 0 saturated heterocycles. The summed E-state index contributed by atoms with van der Waals surface area (Å²) < 4.78 is 0. The van der Waals surface area contributed by atoms with E-state index in [1.165, 1.54) is 0 Å². The summed E-state index contributed by atoms with van der Waals surface area (Å²) in [7, 11) is 0. The molecule has 17 heavy (non-hydrogen) atoms. The Morgan fingerprint density at radius 1 is 1.71 bits per heavy atom. The summed E-state index contributed by atoms with van der Waals surface area (Å²) in [6, 6.07) is 1.56. The van der Waals surface area contributed by atoms with Gasteiger partial charge < -0.3 is 11.1 Å². The fraction of sp³-hybridized carbons (Fsp3) is 0.500. The first kappa shape index (κ1) is 12.3. The van der Waals surface area contributed by atoms with E-state index in [4.69, 9.17) is 17.3 Å². The van der Waals surface area contributed by atoms with Crippen LogP contribution < -0.4 is 11.1 Å². The zero-order valence-corrected chi connectivity index (χ0v) is 10.5. The summed E-state index contributed by atoms with van der Waals surface area (Å²) in [5.74, 6) is -0.0719. The summed E-state index contributed by atoms with van der Waals surface area (Å²) in [6.45, 7) is 1.91. The van der Waals surface area contributed by atoms with E-state index in [-0.39, 0.29) is 11.9 Å². The van der Waals surface area contributed by atoms with Crippen molar-refractivity contribution in [2.45, 2.75) is 32.2 Å². The number of halogens is 1. The standard InChI is InChI=1S/C12H16ClN3O/c1-12(5-2-3-10(12)14)11(17)16-9-7-15-6-4-8(9)13/h4,6-7,10H,2-3,5,14H2,1H3,(H,16,17). The predicted molar refractivity (Wildman–Crippen MR) is 67.8 cm³/mol. The van der Waals surface area contributed by atoms with Crippen LogP contribution in [0.1, 0.15) is 26.2 Å². The first-order valence-corrected chi connectivity index (χ1v) is 6.08. The third-order valence-electron chi connectivity index (χ3n) is 3.56. The smallest absolute Gasteiger partial charge is 0.231 e. The van der Waals surface area contributed by atoms with Gasteiger partial charge in [0.25, 0.3) is 0 Å². The van der Waals surface area contributed by atoms with Crippen LogP contribution in [-0.2, 0) is 4.79 Å². The Kier molecular flexibility index (Phi) is 3.35. The van der Waals surface area contributed by atoms with E-state index in [0.29, 0.717) is 10.7 Å². The van der Waals surface area contributed by atoms with Crippen molar-refractivity contribution < 1.29 is 4.79 Å². The molecule has 1 saturated carbocycles. The van der Waals surface area contributed by atoms with Crippen LogP contribution in [0.5, 0.6) is 0 Å². The molecule has 1 aliphatic carbocycles. The molecule has 4 nitrogen and oxygen atoms in total. The third kappa shape index (κ3) is 2.28. The van der Waals surface area contributed by atoms with Crippen LogP contribution >= 0.6 is 11.6 Å². The lowest BCUT2D eigenvalue weighted by Gasteiger charge is -2.27. The molecule has 2 atom stereocenters. The maximum Gasteiger partial charge on any atom is 0.231 e. The summed E-state index contributed by atoms with van der Waals surface area (Å²) in [5.41, 5.74) is 6.04. The number of rotatable bonds is 2. The molecule has 2 rings (SSSR count). The van der Waals surface area contributed by atoms with Crippen LogP contribution in [-0.4, -0.2) is 16.9 Å². The summed E-state index contributed by atoms with van der Waals surface area (Å²) in [5, 5.41) is 3.30. The summed E-state index contributed by atoms with van der Waals surface area (Å²) in [6.07, 6.45) is 5.83. The predicted octanol–water partition coefficient (Wildman–Crippen LogP) is 2.19. The topological polar surface area (TPSA) is 68.0 Å². The molecule has 0 bridgehead atoms. The Bertz CT molecular complexity index is 438. The van der Waals surface area contributed by atoms with Crippen molar-refractivity contribution >= 4 is 23.2 Å². The van der Waals surface area contributed by atoms with Gasteiger partial charge in [-0.2, -0.15) is 0 Å². The van der Waals surface area contributed by atoms with E-state index < -0.39 is 5.41 Å². The van der Waals surface area contributed by atoms with E-state index >= 15 is 0 Å². The number of hydrogen-bond acceptors (Lipinski definition) is 3. The summed E-state index contributed by atoms with van der Waals surface area (Å²) in [4.78, 5) is 16.2. The van der Waals surface area contributed by atoms with Crippen molar-refractivity contribution in [3.8, 4) is 0 Å². The minimum Gasteiger partial charge on any atom is -0.327 e. The molecular weight excluding hydrogens is 238 g/mol. The van der Waals surface area contributed by atoms with Gasteiger partial charge in [0, 0.05) is 12.2 Å². The number of amides is 1. The van der Waals surface area contributed by atoms with Crippen molar-refractivity contribution in [1.82, 2.24) is 4.98 Å². The molecule has 1 fully saturated rings. The molecule has 2 unspecified atom stereocenters. The molecule has 3 N–H and O–H groups in total. The SMILES string of the molecule is CC1(C(=O)Nc2cnccc2Cl)CCCC1N. The molecule has 92 valence electrons. The second-order valence-electron chi connectivity index (χ2n) is 4.73. The van der Waals surface area contributed by atoms with E-state index in [0.717, 1.165) is 19.3 Å². The molecule has 1 aromatic rings. The minimum atomic E-state index is -0.501. The molecule has 0 radical (unpaired) electrons. The molecule has 0 spiro atoms. The minimum absolute atomic E-state index is 0.0719. The van der Waals surface area contributed by atoms with Crippen molar-refractivity contribution in [2.24, 2.45) is 11.1 Å². The van der Waals surface area contributed by atoms with E-state index in [1.807, 2.05) is 6.92 Å². The number of nitrogens with one attached hydrogen (secondary N) is 1. The number of nitrogens with two attached hydrogens (primary N) is 1. The molecule has 0 aromatic carbocycles. The molecular formula is C12H16ClN3O. The van der Waals surface area contributed by atoms with Gasteiger partial charge in [0.15, 0.2) is 0 Å². The fourth-order valence-electron chi connectivity index (χ4n) is 2.21. The molecule has 5 heteroatoms. The van der Waals surface area contributed by atoms with Gasteiger partial charge in [0.1, 0.15) is 0 Å². The number of nitrogens with zero attached hydrogens (tertiary/aromatic N) is 1. The second kappa shape index (κ2) is 4.63. The lowest BCUT2D eigenvalue weighted by molar-refractivity contribution is -0.125. The van der Waals surface area contributed by atoms with E-state index in [2.05, 4.69) is 10.3 Å². The normalized spacial score (nSPS) is 28.1. The van der Waals surface area contributed by atoms with Crippen LogP contribution in [0.4, 0.5) is 5.69 Å². The zero-order chi connectivity index (χ0) is 12.5. The van der Waals surface area contributed by atoms with Gasteiger partial charge in [0.05, 0.1) is 22.3 Å². The average molecular weight is 254 g/mol. The van der Waals surface area contributed by atoms with Gasteiger partial charge in [-0.3, -0.25) is 9.78 Å². The maximum absolute atomic E-state index is 12.2. The molecule has 1 aliphatic rings. The molecule has 1 amide bonds. The number of pyridine rings is 1. The van der Waals surface area contributed by atoms with Crippen molar-refractivity contribution in [3.63, 3.8) is 0 Å². The Hall–Kier alpha value is -1.13. The lowest BCUT2D eigenvalue weighted by Crippen LogP contribution is -2.44. The fourth-order valence-corrected chi connectivity index (χ4v) is 2.36. The number of hydrogen-bond donors (Lipinski definition) is 2. The molecule has 1 heterocycles. The third-order valence-corrected chi connectivity index (χ3v) is 3.89. The van der Waals surface area contributed by atoms with Crippen LogP contribution in [0.3, 0.4) is 0 Å². The highest BCUT2D eigenvalue weighted by atomic mass is 35.5. The van der Waals surface area contributed by atoms with Crippen LogP contribution in [0, 0.1) is 5.41 Å². The van der Waals surface area contributed by atoms with Crippen LogP contribution in [0.15, 0.2) is 18.5 Å². The Labute approximate surface area is 106 Å². The highest BCUT2D eigenvalue weighted by molar-refractivity contribution is 6.33. The maximum atomic E-state index is 12.2. The highest BCUT2D eigenvalue weighted by Crippen LogP contribution is 2.38. The number of carbonyl (C=O) groups excluding carboxylic acids is 1. The zero-order valence-electron chi connectivity index (χ0n) is 9.74.